The van der Waals surface area contributed by atoms with E-state index in [1.54, 1.807) is 31.2 Å². The van der Waals surface area contributed by atoms with Crippen LogP contribution in [0, 0.1) is 0 Å². The van der Waals surface area contributed by atoms with Gasteiger partial charge < -0.3 is 4.74 Å². The minimum Gasteiger partial charge on any atom is -0.458 e. The summed E-state index contributed by atoms with van der Waals surface area (Å²) < 4.78 is 5.63. The highest BCUT2D eigenvalue weighted by atomic mass is 79.9. The molecule has 0 fully saturated rings. The summed E-state index contributed by atoms with van der Waals surface area (Å²) in [5.41, 5.74) is 0.597. The highest BCUT2D eigenvalue weighted by molar-refractivity contribution is 9.10. The van der Waals surface area contributed by atoms with Crippen LogP contribution in [0.3, 0.4) is 0 Å². The van der Waals surface area contributed by atoms with Crippen molar-refractivity contribution >= 4 is 38.8 Å². The fraction of sp³-hybridized carbons (Fsp3) is 0.273. The first kappa shape index (κ1) is 13.3. The number of carbonyl (C=O) groups excluding carboxylic acids is 2. The van der Waals surface area contributed by atoms with Gasteiger partial charge in [-0.25, -0.2) is 4.79 Å². The first-order valence-electron chi connectivity index (χ1n) is 4.71. The molecule has 1 rings (SSSR count). The van der Waals surface area contributed by atoms with E-state index in [1.165, 1.54) is 0 Å². The van der Waals surface area contributed by atoms with E-state index in [9.17, 15) is 9.59 Å². The molecular weight excluding hydrogens is 292 g/mol. The first-order chi connectivity index (χ1) is 7.63. The van der Waals surface area contributed by atoms with Crippen molar-refractivity contribution in [3.05, 3.63) is 34.3 Å². The average Bonchev–Trinajstić information content (AvgIpc) is 2.27. The van der Waals surface area contributed by atoms with E-state index in [1.807, 2.05) is 0 Å². The summed E-state index contributed by atoms with van der Waals surface area (Å²) in [6, 6.07) is 7.03. The highest BCUT2D eigenvalue weighted by Crippen LogP contribution is 2.13. The van der Waals surface area contributed by atoms with Crippen molar-refractivity contribution in [1.82, 2.24) is 0 Å². The number of Topliss-reactive ketones (excluding diaryl/α,β-unsaturated/α-hetero) is 1. The van der Waals surface area contributed by atoms with Crippen LogP contribution in [0.2, 0.25) is 0 Å². The molecule has 1 aromatic rings. The summed E-state index contributed by atoms with van der Waals surface area (Å²) in [4.78, 5) is 22.6. The first-order valence-corrected chi connectivity index (χ1v) is 6.49. The second-order valence-electron chi connectivity index (χ2n) is 2.90. The monoisotopic (exact) mass is 302 g/mol. The Kier molecular flexibility index (Phi) is 5.55. The second kappa shape index (κ2) is 6.70. The molecule has 0 bridgehead atoms. The quantitative estimate of drug-likeness (QED) is 0.630. The highest BCUT2D eigenvalue weighted by Gasteiger charge is 2.10. The van der Waals surface area contributed by atoms with E-state index in [4.69, 9.17) is 4.74 Å². The normalized spacial score (nSPS) is 9.88. The van der Waals surface area contributed by atoms with Gasteiger partial charge in [-0.2, -0.15) is 0 Å². The molecule has 5 heteroatoms. The Morgan fingerprint density at radius 1 is 1.31 bits per heavy atom. The molecule has 0 saturated carbocycles. The summed E-state index contributed by atoms with van der Waals surface area (Å²) in [5.74, 6) is 0.0334. The summed E-state index contributed by atoms with van der Waals surface area (Å²) in [7, 11) is 0. The van der Waals surface area contributed by atoms with E-state index in [0.29, 0.717) is 12.2 Å². The van der Waals surface area contributed by atoms with Crippen LogP contribution < -0.4 is 0 Å². The Labute approximate surface area is 107 Å². The van der Waals surface area contributed by atoms with Gasteiger partial charge in [0.2, 0.25) is 0 Å². The SMILES string of the molecule is CCOC(=O)SCC(=O)c1ccc(Br)cc1. The van der Waals surface area contributed by atoms with E-state index in [-0.39, 0.29) is 11.5 Å². The predicted molar refractivity (Wildman–Crippen MR) is 68.0 cm³/mol. The van der Waals surface area contributed by atoms with Crippen molar-refractivity contribution in [1.29, 1.82) is 0 Å². The van der Waals surface area contributed by atoms with Gasteiger partial charge in [0.1, 0.15) is 0 Å². The van der Waals surface area contributed by atoms with Gasteiger partial charge in [0.05, 0.1) is 12.4 Å². The van der Waals surface area contributed by atoms with Gasteiger partial charge >= 0.3 is 5.30 Å². The van der Waals surface area contributed by atoms with Gasteiger partial charge in [-0.3, -0.25) is 4.79 Å². The second-order valence-corrected chi connectivity index (χ2v) is 4.73. The number of rotatable bonds is 4. The molecule has 0 heterocycles. The van der Waals surface area contributed by atoms with Gasteiger partial charge in [0, 0.05) is 10.0 Å². The third-order valence-electron chi connectivity index (χ3n) is 1.75. The zero-order valence-corrected chi connectivity index (χ0v) is 11.1. The maximum atomic E-state index is 11.6. The lowest BCUT2D eigenvalue weighted by molar-refractivity contribution is 0.102. The molecule has 0 saturated heterocycles. The Bertz CT molecular complexity index is 375. The largest absolute Gasteiger partial charge is 0.458 e. The number of ketones is 1. The molecule has 0 amide bonds. The lowest BCUT2D eigenvalue weighted by Gasteiger charge is -2.01. The summed E-state index contributed by atoms with van der Waals surface area (Å²) in [5, 5.41) is -0.409. The van der Waals surface area contributed by atoms with Crippen molar-refractivity contribution in [3.63, 3.8) is 0 Å². The number of benzene rings is 1. The third-order valence-corrected chi connectivity index (χ3v) is 3.04. The molecular formula is C11H11BrO3S. The number of thioether (sulfide) groups is 1. The van der Waals surface area contributed by atoms with Crippen LogP contribution in [-0.2, 0) is 4.74 Å². The van der Waals surface area contributed by atoms with E-state index in [2.05, 4.69) is 15.9 Å². The fourth-order valence-corrected chi connectivity index (χ4v) is 1.88. The predicted octanol–water partition coefficient (Wildman–Crippen LogP) is 3.52. The lowest BCUT2D eigenvalue weighted by atomic mass is 10.2. The van der Waals surface area contributed by atoms with E-state index < -0.39 is 5.30 Å². The molecule has 0 aliphatic carbocycles. The van der Waals surface area contributed by atoms with Gasteiger partial charge in [0.25, 0.3) is 0 Å². The molecule has 0 atom stereocenters. The van der Waals surface area contributed by atoms with Crippen molar-refractivity contribution in [2.45, 2.75) is 6.92 Å². The third kappa shape index (κ3) is 4.37. The number of ether oxygens (including phenoxy) is 1. The maximum absolute atomic E-state index is 11.6. The average molecular weight is 303 g/mol. The van der Waals surface area contributed by atoms with Crippen molar-refractivity contribution in [2.75, 3.05) is 12.4 Å². The zero-order valence-electron chi connectivity index (χ0n) is 8.73. The van der Waals surface area contributed by atoms with Crippen LogP contribution >= 0.6 is 27.7 Å². The molecule has 1 aromatic carbocycles. The molecule has 0 radical (unpaired) electrons. The van der Waals surface area contributed by atoms with E-state index >= 15 is 0 Å². The minimum atomic E-state index is -0.409. The molecule has 0 spiro atoms. The van der Waals surface area contributed by atoms with Crippen LogP contribution in [0.25, 0.3) is 0 Å². The number of hydrogen-bond acceptors (Lipinski definition) is 4. The Balaban J connectivity index is 2.47. The summed E-state index contributed by atoms with van der Waals surface area (Å²) in [6.45, 7) is 2.06. The fourth-order valence-electron chi connectivity index (χ4n) is 1.00. The number of halogens is 1. The Hall–Kier alpha value is -0.810. The molecule has 0 aromatic heterocycles. The van der Waals surface area contributed by atoms with E-state index in [0.717, 1.165) is 16.2 Å². The maximum Gasteiger partial charge on any atom is 0.367 e. The van der Waals surface area contributed by atoms with Crippen molar-refractivity contribution in [3.8, 4) is 0 Å². The minimum absolute atomic E-state index is 0.0782. The Morgan fingerprint density at radius 2 is 1.94 bits per heavy atom. The van der Waals surface area contributed by atoms with Crippen LogP contribution in [-0.4, -0.2) is 23.4 Å². The van der Waals surface area contributed by atoms with Crippen LogP contribution in [0.1, 0.15) is 17.3 Å². The lowest BCUT2D eigenvalue weighted by Crippen LogP contribution is -2.06. The number of hydrogen-bond donors (Lipinski definition) is 0. The molecule has 0 aliphatic rings. The van der Waals surface area contributed by atoms with Gasteiger partial charge in [-0.15, -0.1) is 0 Å². The molecule has 0 aliphatic heterocycles. The molecule has 16 heavy (non-hydrogen) atoms. The van der Waals surface area contributed by atoms with Crippen LogP contribution in [0.5, 0.6) is 0 Å². The Morgan fingerprint density at radius 3 is 2.50 bits per heavy atom. The summed E-state index contributed by atoms with van der Waals surface area (Å²) in [6.07, 6.45) is 0. The van der Waals surface area contributed by atoms with Gasteiger partial charge in [-0.05, 0) is 30.8 Å². The molecule has 86 valence electrons. The topological polar surface area (TPSA) is 43.4 Å². The van der Waals surface area contributed by atoms with Crippen molar-refractivity contribution < 1.29 is 14.3 Å². The van der Waals surface area contributed by atoms with Crippen molar-refractivity contribution in [2.24, 2.45) is 0 Å². The van der Waals surface area contributed by atoms with Crippen LogP contribution in [0.15, 0.2) is 28.7 Å². The summed E-state index contributed by atoms with van der Waals surface area (Å²) >= 11 is 4.17. The smallest absolute Gasteiger partial charge is 0.367 e. The van der Waals surface area contributed by atoms with Gasteiger partial charge in [-0.1, -0.05) is 28.1 Å². The standard InChI is InChI=1S/C11H11BrO3S/c1-2-15-11(14)16-7-10(13)8-3-5-9(12)6-4-8/h3-6H,2,7H2,1H3. The molecule has 3 nitrogen and oxygen atoms in total. The number of carbonyl (C=O) groups is 2. The molecule has 0 unspecified atom stereocenters. The van der Waals surface area contributed by atoms with Gasteiger partial charge in [0.15, 0.2) is 5.78 Å². The molecule has 0 N–H and O–H groups in total. The van der Waals surface area contributed by atoms with Crippen LogP contribution in [0.4, 0.5) is 4.79 Å². The zero-order chi connectivity index (χ0) is 12.0.